The van der Waals surface area contributed by atoms with Crippen LogP contribution in [0.1, 0.15) is 41.6 Å². The minimum atomic E-state index is -4.53. The predicted molar refractivity (Wildman–Crippen MR) is 92.0 cm³/mol. The lowest BCUT2D eigenvalue weighted by atomic mass is 10.0. The van der Waals surface area contributed by atoms with Crippen molar-refractivity contribution in [2.24, 2.45) is 0 Å². The molecule has 144 valence electrons. The lowest BCUT2D eigenvalue weighted by molar-refractivity contribution is -0.138. The molecule has 26 heavy (non-hydrogen) atoms. The maximum absolute atomic E-state index is 13.1. The van der Waals surface area contributed by atoms with Gasteiger partial charge in [0.2, 0.25) is 0 Å². The number of ether oxygens (including phenoxy) is 1. The number of nitrogens with zero attached hydrogens (tertiary/aromatic N) is 2. The highest BCUT2D eigenvalue weighted by atomic mass is 19.4. The molecule has 0 radical (unpaired) electrons. The molecule has 0 atom stereocenters. The molecule has 0 aromatic heterocycles. The van der Waals surface area contributed by atoms with Gasteiger partial charge in [-0.15, -0.1) is 0 Å². The van der Waals surface area contributed by atoms with Gasteiger partial charge >= 0.3 is 6.18 Å². The van der Waals surface area contributed by atoms with E-state index in [1.54, 1.807) is 0 Å². The summed E-state index contributed by atoms with van der Waals surface area (Å²) in [5.41, 5.74) is -1.13. The van der Waals surface area contributed by atoms with E-state index in [2.05, 4.69) is 11.9 Å². The van der Waals surface area contributed by atoms with Crippen molar-refractivity contribution in [2.45, 2.75) is 44.1 Å². The maximum Gasteiger partial charge on any atom is 0.417 e. The van der Waals surface area contributed by atoms with Crippen molar-refractivity contribution in [2.75, 3.05) is 33.2 Å². The number of benzene rings is 1. The van der Waals surface area contributed by atoms with Crippen LogP contribution in [0.2, 0.25) is 0 Å². The van der Waals surface area contributed by atoms with Crippen LogP contribution in [0.5, 0.6) is 0 Å². The molecule has 4 nitrogen and oxygen atoms in total. The summed E-state index contributed by atoms with van der Waals surface area (Å²) in [7, 11) is 2.10. The normalized spacial score (nSPS) is 21.2. The summed E-state index contributed by atoms with van der Waals surface area (Å²) in [6.45, 7) is 2.91. The van der Waals surface area contributed by atoms with Crippen molar-refractivity contribution in [3.05, 3.63) is 35.4 Å². The van der Waals surface area contributed by atoms with Crippen molar-refractivity contribution < 1.29 is 22.7 Å². The SMILES string of the molecule is CN1CCC(OC2CCN(C(=O)c3ccccc3C(F)(F)F)CC2)CC1. The van der Waals surface area contributed by atoms with Crippen molar-refractivity contribution in [3.8, 4) is 0 Å². The van der Waals surface area contributed by atoms with Gasteiger partial charge in [-0.05, 0) is 44.9 Å². The van der Waals surface area contributed by atoms with Crippen LogP contribution in [0.3, 0.4) is 0 Å². The number of carbonyl (C=O) groups excluding carboxylic acids is 1. The zero-order valence-electron chi connectivity index (χ0n) is 15.0. The van der Waals surface area contributed by atoms with E-state index in [9.17, 15) is 18.0 Å². The second-order valence-corrected chi connectivity index (χ2v) is 7.17. The molecule has 2 fully saturated rings. The summed E-state index contributed by atoms with van der Waals surface area (Å²) < 4.78 is 45.5. The number of hydrogen-bond donors (Lipinski definition) is 0. The van der Waals surface area contributed by atoms with E-state index >= 15 is 0 Å². The van der Waals surface area contributed by atoms with Gasteiger partial charge in [-0.1, -0.05) is 12.1 Å². The molecule has 1 aromatic carbocycles. The van der Waals surface area contributed by atoms with Gasteiger partial charge in [-0.2, -0.15) is 13.2 Å². The standard InChI is InChI=1S/C19H25F3N2O2/c1-23-10-6-14(7-11-23)26-15-8-12-24(13-9-15)18(25)16-4-2-3-5-17(16)19(20,21)22/h2-5,14-15H,6-13H2,1H3. The summed E-state index contributed by atoms with van der Waals surface area (Å²) in [5, 5.41) is 0. The highest BCUT2D eigenvalue weighted by Gasteiger charge is 2.36. The van der Waals surface area contributed by atoms with E-state index in [1.165, 1.54) is 23.1 Å². The molecule has 1 amide bonds. The van der Waals surface area contributed by atoms with Crippen LogP contribution in [-0.2, 0) is 10.9 Å². The van der Waals surface area contributed by atoms with Crippen LogP contribution in [0, 0.1) is 0 Å². The van der Waals surface area contributed by atoms with Gasteiger partial charge in [-0.25, -0.2) is 0 Å². The molecular weight excluding hydrogens is 345 g/mol. The highest BCUT2D eigenvalue weighted by molar-refractivity contribution is 5.96. The molecule has 0 saturated carbocycles. The Bertz CT molecular complexity index is 619. The van der Waals surface area contributed by atoms with Crippen molar-refractivity contribution in [1.29, 1.82) is 0 Å². The molecule has 0 bridgehead atoms. The molecule has 1 aromatic rings. The molecule has 0 unspecified atom stereocenters. The average Bonchev–Trinajstić information content (AvgIpc) is 2.63. The number of amides is 1. The first-order valence-corrected chi connectivity index (χ1v) is 9.14. The van der Waals surface area contributed by atoms with Gasteiger partial charge in [0, 0.05) is 26.2 Å². The predicted octanol–water partition coefficient (Wildman–Crippen LogP) is 3.42. The van der Waals surface area contributed by atoms with Crippen LogP contribution in [0.15, 0.2) is 24.3 Å². The Labute approximate surface area is 151 Å². The Kier molecular flexibility index (Phi) is 5.87. The van der Waals surface area contributed by atoms with Crippen molar-refractivity contribution in [3.63, 3.8) is 0 Å². The van der Waals surface area contributed by atoms with E-state index < -0.39 is 17.6 Å². The Morgan fingerprint density at radius 1 is 1.00 bits per heavy atom. The molecule has 0 N–H and O–H groups in total. The first kappa shape index (κ1) is 19.2. The summed E-state index contributed by atoms with van der Waals surface area (Å²) in [5.74, 6) is -0.546. The number of carbonyl (C=O) groups is 1. The molecule has 3 rings (SSSR count). The first-order chi connectivity index (χ1) is 12.3. The average molecular weight is 370 g/mol. The van der Waals surface area contributed by atoms with E-state index in [-0.39, 0.29) is 17.8 Å². The van der Waals surface area contributed by atoms with E-state index in [4.69, 9.17) is 4.74 Å². The number of piperidine rings is 2. The van der Waals surface area contributed by atoms with E-state index in [1.807, 2.05) is 0 Å². The van der Waals surface area contributed by atoms with Gasteiger partial charge in [0.1, 0.15) is 0 Å². The fourth-order valence-electron chi connectivity index (χ4n) is 3.68. The first-order valence-electron chi connectivity index (χ1n) is 9.14. The number of alkyl halides is 3. The van der Waals surface area contributed by atoms with Crippen LogP contribution < -0.4 is 0 Å². The number of hydrogen-bond acceptors (Lipinski definition) is 3. The minimum Gasteiger partial charge on any atom is -0.375 e. The Balaban J connectivity index is 1.56. The summed E-state index contributed by atoms with van der Waals surface area (Å²) >= 11 is 0. The minimum absolute atomic E-state index is 0.0883. The quantitative estimate of drug-likeness (QED) is 0.817. The van der Waals surface area contributed by atoms with Crippen LogP contribution >= 0.6 is 0 Å². The van der Waals surface area contributed by atoms with Crippen molar-refractivity contribution >= 4 is 5.91 Å². The van der Waals surface area contributed by atoms with Gasteiger partial charge in [-0.3, -0.25) is 4.79 Å². The Morgan fingerprint density at radius 2 is 1.54 bits per heavy atom. The van der Waals surface area contributed by atoms with Gasteiger partial charge in [0.15, 0.2) is 0 Å². The number of halogens is 3. The largest absolute Gasteiger partial charge is 0.417 e. The van der Waals surface area contributed by atoms with Gasteiger partial charge in [0.25, 0.3) is 5.91 Å². The molecule has 2 heterocycles. The number of likely N-dealkylation sites (tertiary alicyclic amines) is 2. The second kappa shape index (κ2) is 7.96. The van der Waals surface area contributed by atoms with E-state index in [0.29, 0.717) is 25.9 Å². The number of rotatable bonds is 3. The van der Waals surface area contributed by atoms with Crippen LogP contribution in [0.25, 0.3) is 0 Å². The topological polar surface area (TPSA) is 32.8 Å². The third kappa shape index (κ3) is 4.57. The lowest BCUT2D eigenvalue weighted by Crippen LogP contribution is -2.43. The molecule has 0 aliphatic carbocycles. The molecule has 2 aliphatic rings. The summed E-state index contributed by atoms with van der Waals surface area (Å²) in [4.78, 5) is 16.4. The molecule has 0 spiro atoms. The fraction of sp³-hybridized carbons (Fsp3) is 0.632. The Hall–Kier alpha value is -1.60. The van der Waals surface area contributed by atoms with Crippen molar-refractivity contribution in [1.82, 2.24) is 9.80 Å². The smallest absolute Gasteiger partial charge is 0.375 e. The Morgan fingerprint density at radius 3 is 2.12 bits per heavy atom. The third-order valence-corrected chi connectivity index (χ3v) is 5.24. The summed E-state index contributed by atoms with van der Waals surface area (Å²) in [6.07, 6.45) is -0.821. The fourth-order valence-corrected chi connectivity index (χ4v) is 3.68. The molecule has 7 heteroatoms. The third-order valence-electron chi connectivity index (χ3n) is 5.24. The van der Waals surface area contributed by atoms with Gasteiger partial charge < -0.3 is 14.5 Å². The lowest BCUT2D eigenvalue weighted by Gasteiger charge is -2.36. The monoisotopic (exact) mass is 370 g/mol. The maximum atomic E-state index is 13.1. The van der Waals surface area contributed by atoms with E-state index in [0.717, 1.165) is 32.0 Å². The van der Waals surface area contributed by atoms with Crippen LogP contribution in [0.4, 0.5) is 13.2 Å². The second-order valence-electron chi connectivity index (χ2n) is 7.17. The zero-order valence-corrected chi connectivity index (χ0v) is 15.0. The molecule has 2 aliphatic heterocycles. The highest BCUT2D eigenvalue weighted by Crippen LogP contribution is 2.33. The zero-order chi connectivity index (χ0) is 18.7. The molecule has 2 saturated heterocycles. The van der Waals surface area contributed by atoms with Gasteiger partial charge in [0.05, 0.1) is 23.3 Å². The molecular formula is C19H25F3N2O2. The summed E-state index contributed by atoms with van der Waals surface area (Å²) in [6, 6.07) is 5.00. The van der Waals surface area contributed by atoms with Crippen LogP contribution in [-0.4, -0.2) is 61.1 Å².